The summed E-state index contributed by atoms with van der Waals surface area (Å²) in [4.78, 5) is 26.1. The molecule has 42 heavy (non-hydrogen) atoms. The van der Waals surface area contributed by atoms with Crippen LogP contribution >= 0.6 is 0 Å². The summed E-state index contributed by atoms with van der Waals surface area (Å²) in [6.07, 6.45) is 8.32. The maximum absolute atomic E-state index is 13.1. The van der Waals surface area contributed by atoms with Crippen LogP contribution in [0.25, 0.3) is 0 Å². The number of carbonyl (C=O) groups is 2. The molecule has 0 saturated heterocycles. The third-order valence-corrected chi connectivity index (χ3v) is 15.2. The molecule has 1 aromatic rings. The number of carboxylic acids is 1. The molecule has 11 atom stereocenters. The lowest BCUT2D eigenvalue weighted by molar-refractivity contribution is -0.272. The van der Waals surface area contributed by atoms with Gasteiger partial charge >= 0.3 is 11.9 Å². The van der Waals surface area contributed by atoms with Crippen LogP contribution in [-0.4, -0.2) is 34.4 Å². The van der Waals surface area contributed by atoms with E-state index in [9.17, 15) is 19.8 Å². The Hall–Kier alpha value is -1.88. The van der Waals surface area contributed by atoms with Crippen molar-refractivity contribution in [1.29, 1.82) is 0 Å². The van der Waals surface area contributed by atoms with Crippen LogP contribution in [-0.2, 0) is 9.53 Å². The van der Waals surface area contributed by atoms with Gasteiger partial charge in [0.25, 0.3) is 0 Å². The number of hydrogen-bond donors (Lipinski definition) is 2. The summed E-state index contributed by atoms with van der Waals surface area (Å²) in [6.45, 7) is 16.8. The number of aliphatic hydroxyl groups excluding tert-OH is 1. The first-order valence-electron chi connectivity index (χ1n) is 16.7. The zero-order chi connectivity index (χ0) is 30.5. The highest BCUT2D eigenvalue weighted by Crippen LogP contribution is 2.78. The molecule has 5 aliphatic rings. The van der Waals surface area contributed by atoms with Crippen molar-refractivity contribution in [2.24, 2.45) is 56.2 Å². The van der Waals surface area contributed by atoms with Crippen LogP contribution in [0.5, 0.6) is 0 Å². The maximum atomic E-state index is 13.1. The third kappa shape index (κ3) is 3.96. The fraction of sp³-hybridized carbons (Fsp3) is 0.784. The normalized spacial score (nSPS) is 49.4. The van der Waals surface area contributed by atoms with Crippen molar-refractivity contribution in [3.8, 4) is 0 Å². The molecule has 5 saturated carbocycles. The summed E-state index contributed by atoms with van der Waals surface area (Å²) in [5, 5.41) is 22.3. The summed E-state index contributed by atoms with van der Waals surface area (Å²) in [6, 6.07) is 9.12. The first-order chi connectivity index (χ1) is 19.5. The van der Waals surface area contributed by atoms with Crippen LogP contribution in [0.4, 0.5) is 0 Å². The fourth-order valence-electron chi connectivity index (χ4n) is 12.3. The Labute approximate surface area is 253 Å². The molecule has 0 amide bonds. The van der Waals surface area contributed by atoms with E-state index in [4.69, 9.17) is 4.74 Å². The monoisotopic (exact) mass is 578 g/mol. The summed E-state index contributed by atoms with van der Waals surface area (Å²) in [7, 11) is 0. The van der Waals surface area contributed by atoms with Crippen molar-refractivity contribution in [2.75, 3.05) is 0 Å². The highest BCUT2D eigenvalue weighted by atomic mass is 16.6. The van der Waals surface area contributed by atoms with Gasteiger partial charge in [0.15, 0.2) is 0 Å². The number of hydrogen-bond acceptors (Lipinski definition) is 4. The van der Waals surface area contributed by atoms with E-state index in [0.717, 1.165) is 57.8 Å². The molecule has 232 valence electrons. The lowest BCUT2D eigenvalue weighted by Gasteiger charge is -2.74. The lowest BCUT2D eigenvalue weighted by atomic mass is 9.30. The maximum Gasteiger partial charge on any atom is 0.338 e. The third-order valence-electron chi connectivity index (χ3n) is 15.2. The molecule has 5 nitrogen and oxygen atoms in total. The highest BCUT2D eigenvalue weighted by molar-refractivity contribution is 5.89. The Bertz CT molecular complexity index is 1240. The fourth-order valence-corrected chi connectivity index (χ4v) is 12.3. The Morgan fingerprint density at radius 1 is 0.786 bits per heavy atom. The lowest BCUT2D eigenvalue weighted by Crippen LogP contribution is -2.69. The Morgan fingerprint density at radius 2 is 1.40 bits per heavy atom. The van der Waals surface area contributed by atoms with Gasteiger partial charge in [-0.25, -0.2) is 4.79 Å². The molecule has 2 N–H and O–H groups in total. The van der Waals surface area contributed by atoms with Crippen molar-refractivity contribution in [2.45, 2.75) is 125 Å². The predicted molar refractivity (Wildman–Crippen MR) is 164 cm³/mol. The van der Waals surface area contributed by atoms with Gasteiger partial charge in [0.2, 0.25) is 0 Å². The molecule has 0 radical (unpaired) electrons. The van der Waals surface area contributed by atoms with Gasteiger partial charge in [0.1, 0.15) is 6.10 Å². The minimum Gasteiger partial charge on any atom is -0.481 e. The molecule has 0 aliphatic heterocycles. The van der Waals surface area contributed by atoms with Crippen molar-refractivity contribution in [1.82, 2.24) is 0 Å². The second-order valence-electron chi connectivity index (χ2n) is 17.2. The van der Waals surface area contributed by atoms with Crippen molar-refractivity contribution < 1.29 is 24.5 Å². The van der Waals surface area contributed by atoms with E-state index in [-0.39, 0.29) is 44.9 Å². The van der Waals surface area contributed by atoms with Crippen LogP contribution in [0.15, 0.2) is 30.3 Å². The van der Waals surface area contributed by atoms with Gasteiger partial charge in [-0.1, -0.05) is 66.7 Å². The van der Waals surface area contributed by atoms with E-state index in [1.165, 1.54) is 0 Å². The minimum atomic E-state index is -0.687. The van der Waals surface area contributed by atoms with Gasteiger partial charge in [-0.2, -0.15) is 0 Å². The molecule has 5 heteroatoms. The van der Waals surface area contributed by atoms with E-state index in [1.807, 2.05) is 18.2 Å². The molecule has 0 bridgehead atoms. The smallest absolute Gasteiger partial charge is 0.338 e. The van der Waals surface area contributed by atoms with E-state index in [2.05, 4.69) is 48.5 Å². The second kappa shape index (κ2) is 9.56. The van der Waals surface area contributed by atoms with E-state index in [1.54, 1.807) is 12.1 Å². The van der Waals surface area contributed by atoms with Crippen LogP contribution in [0.2, 0.25) is 0 Å². The quantitative estimate of drug-likeness (QED) is 0.354. The second-order valence-corrected chi connectivity index (χ2v) is 17.2. The molecule has 0 unspecified atom stereocenters. The number of carbonyl (C=O) groups excluding carboxylic acids is 1. The van der Waals surface area contributed by atoms with Gasteiger partial charge in [-0.15, -0.1) is 0 Å². The molecule has 1 aromatic carbocycles. The van der Waals surface area contributed by atoms with Crippen LogP contribution in [0.3, 0.4) is 0 Å². The first kappa shape index (κ1) is 30.2. The van der Waals surface area contributed by atoms with Crippen LogP contribution in [0.1, 0.15) is 123 Å². The van der Waals surface area contributed by atoms with E-state index in [0.29, 0.717) is 23.8 Å². The predicted octanol–water partition coefficient (Wildman–Crippen LogP) is 8.15. The minimum absolute atomic E-state index is 0.0219. The first-order valence-corrected chi connectivity index (χ1v) is 16.7. The van der Waals surface area contributed by atoms with Crippen molar-refractivity contribution >= 4 is 11.9 Å². The molecular formula is C37H54O5. The van der Waals surface area contributed by atoms with Gasteiger partial charge in [0, 0.05) is 5.92 Å². The molecule has 5 fully saturated rings. The number of benzene rings is 1. The Morgan fingerprint density at radius 3 is 2.07 bits per heavy atom. The summed E-state index contributed by atoms with van der Waals surface area (Å²) in [5.74, 6) is 0.144. The van der Waals surface area contributed by atoms with Crippen LogP contribution < -0.4 is 0 Å². The largest absolute Gasteiger partial charge is 0.481 e. The van der Waals surface area contributed by atoms with Gasteiger partial charge < -0.3 is 14.9 Å². The zero-order valence-electron chi connectivity index (χ0n) is 27.0. The number of aliphatic hydroxyl groups is 1. The molecule has 5 aliphatic carbocycles. The van der Waals surface area contributed by atoms with Gasteiger partial charge in [0.05, 0.1) is 17.1 Å². The number of ether oxygens (including phenoxy) is 1. The number of carboxylic acid groups (broad SMARTS) is 1. The van der Waals surface area contributed by atoms with E-state index < -0.39 is 23.6 Å². The molecular weight excluding hydrogens is 524 g/mol. The number of aliphatic carboxylic acids is 1. The number of esters is 1. The summed E-state index contributed by atoms with van der Waals surface area (Å²) < 4.78 is 6.07. The highest BCUT2D eigenvalue weighted by Gasteiger charge is 2.73. The standard InChI is InChI=1S/C37H54O5/c1-23-29(42-30(39)24-11-9-8-10-12-24)25(38)21-27-33(23,4)14-13-26-34(27,5)16-17-36(7)28-22-32(2,3)15-19-37(28,31(40)41)20-18-35(26,36)6/h8-12,23,25-29,38H,13-22H2,1-7H3,(H,40,41)/t23-,25+,26-,27+,28-,29+,33+,34+,35+,36-,37-/m0/s1. The SMILES string of the molecule is C[C@H]1[C@@H](OC(=O)c2ccccc2)[C@H](O)C[C@@H]2[C@]1(C)CC[C@H]1[C@@]2(C)CC[C@@]2(C)[C@@H]3CC(C)(C)CC[C@]3(C(=O)O)CC[C@]12C. The van der Waals surface area contributed by atoms with Gasteiger partial charge in [-0.05, 0) is 121 Å². The topological polar surface area (TPSA) is 83.8 Å². The average Bonchev–Trinajstić information content (AvgIpc) is 2.94. The number of fused-ring (bicyclic) bond motifs is 7. The summed E-state index contributed by atoms with van der Waals surface area (Å²) in [5.41, 5.74) is 0.161. The molecule has 0 aromatic heterocycles. The van der Waals surface area contributed by atoms with Crippen molar-refractivity contribution in [3.05, 3.63) is 35.9 Å². The molecule has 0 spiro atoms. The molecule has 6 rings (SSSR count). The van der Waals surface area contributed by atoms with Crippen LogP contribution in [0, 0.1) is 56.2 Å². The Balaban J connectivity index is 1.31. The van der Waals surface area contributed by atoms with E-state index >= 15 is 0 Å². The number of rotatable bonds is 3. The zero-order valence-corrected chi connectivity index (χ0v) is 27.0. The Kier molecular flexibility index (Phi) is 6.86. The summed E-state index contributed by atoms with van der Waals surface area (Å²) >= 11 is 0. The van der Waals surface area contributed by atoms with Gasteiger partial charge in [-0.3, -0.25) is 4.79 Å². The average molecular weight is 579 g/mol. The van der Waals surface area contributed by atoms with Crippen molar-refractivity contribution in [3.63, 3.8) is 0 Å². The molecule has 0 heterocycles.